The van der Waals surface area contributed by atoms with Crippen LogP contribution >= 0.6 is 0 Å². The van der Waals surface area contributed by atoms with Crippen molar-refractivity contribution in [3.63, 3.8) is 0 Å². The second-order valence-electron chi connectivity index (χ2n) is 3.74. The molecular weight excluding hydrogens is 230 g/mol. The van der Waals surface area contributed by atoms with Gasteiger partial charge in [-0.1, -0.05) is 6.07 Å². The lowest BCUT2D eigenvalue weighted by Gasteiger charge is -2.06. The van der Waals surface area contributed by atoms with E-state index in [2.05, 4.69) is 20.4 Å². The summed E-state index contributed by atoms with van der Waals surface area (Å²) >= 11 is 0. The Morgan fingerprint density at radius 2 is 2.17 bits per heavy atom. The van der Waals surface area contributed by atoms with Gasteiger partial charge in [-0.3, -0.25) is 4.98 Å². The second-order valence-corrected chi connectivity index (χ2v) is 3.74. The van der Waals surface area contributed by atoms with Gasteiger partial charge in [0, 0.05) is 25.1 Å². The van der Waals surface area contributed by atoms with Crippen LogP contribution in [0.5, 0.6) is 0 Å². The minimum absolute atomic E-state index is 0.423. The summed E-state index contributed by atoms with van der Waals surface area (Å²) in [6.45, 7) is 0.423. The third kappa shape index (κ3) is 3.22. The van der Waals surface area contributed by atoms with E-state index in [1.807, 2.05) is 18.2 Å². The molecule has 0 saturated carbocycles. The number of nitrogen functional groups attached to an aromatic ring is 1. The monoisotopic (exact) mass is 245 g/mol. The van der Waals surface area contributed by atoms with Gasteiger partial charge in [0.05, 0.1) is 18.7 Å². The number of nitrogens with zero attached hydrogens (tertiary/aromatic N) is 3. The molecule has 18 heavy (non-hydrogen) atoms. The average molecular weight is 245 g/mol. The molecule has 3 N–H and O–H groups in total. The Labute approximate surface area is 105 Å². The van der Waals surface area contributed by atoms with E-state index in [-0.39, 0.29) is 0 Å². The lowest BCUT2D eigenvalue weighted by molar-refractivity contribution is 0.181. The molecule has 94 valence electrons. The van der Waals surface area contributed by atoms with Crippen molar-refractivity contribution in [1.82, 2.24) is 15.0 Å². The van der Waals surface area contributed by atoms with Crippen molar-refractivity contribution in [2.24, 2.45) is 5.84 Å². The molecule has 0 aliphatic heterocycles. The van der Waals surface area contributed by atoms with E-state index in [0.717, 1.165) is 11.4 Å². The number of aromatic nitrogens is 3. The second kappa shape index (κ2) is 6.04. The molecule has 0 aromatic carbocycles. The molecule has 2 aromatic rings. The predicted molar refractivity (Wildman–Crippen MR) is 67.6 cm³/mol. The first-order valence-corrected chi connectivity index (χ1v) is 5.54. The van der Waals surface area contributed by atoms with Crippen molar-refractivity contribution < 1.29 is 4.74 Å². The predicted octanol–water partition coefficient (Wildman–Crippen LogP) is 0.894. The number of pyridine rings is 1. The number of methoxy groups -OCH3 is 1. The van der Waals surface area contributed by atoms with Gasteiger partial charge >= 0.3 is 0 Å². The SMILES string of the molecule is COCc1cc(NN)nc(Cc2ccccn2)n1. The molecule has 0 aliphatic rings. The Morgan fingerprint density at radius 3 is 2.83 bits per heavy atom. The van der Waals surface area contributed by atoms with Crippen molar-refractivity contribution in [2.75, 3.05) is 12.5 Å². The normalized spacial score (nSPS) is 10.3. The van der Waals surface area contributed by atoms with Crippen molar-refractivity contribution in [1.29, 1.82) is 0 Å². The van der Waals surface area contributed by atoms with E-state index in [1.54, 1.807) is 19.4 Å². The molecule has 6 nitrogen and oxygen atoms in total. The number of hydrogen-bond acceptors (Lipinski definition) is 6. The maximum Gasteiger partial charge on any atom is 0.144 e. The molecule has 0 aliphatic carbocycles. The molecule has 0 saturated heterocycles. The summed E-state index contributed by atoms with van der Waals surface area (Å²) in [5, 5.41) is 0. The zero-order chi connectivity index (χ0) is 12.8. The molecule has 0 spiro atoms. The van der Waals surface area contributed by atoms with Crippen LogP contribution in [0.25, 0.3) is 0 Å². The number of rotatable bonds is 5. The van der Waals surface area contributed by atoms with Crippen LogP contribution in [0.3, 0.4) is 0 Å². The Morgan fingerprint density at radius 1 is 1.28 bits per heavy atom. The molecule has 0 atom stereocenters. The smallest absolute Gasteiger partial charge is 0.144 e. The van der Waals surface area contributed by atoms with Crippen molar-refractivity contribution in [2.45, 2.75) is 13.0 Å². The van der Waals surface area contributed by atoms with Gasteiger partial charge in [-0.25, -0.2) is 15.8 Å². The maximum atomic E-state index is 5.38. The standard InChI is InChI=1S/C12H15N5O/c1-18-8-10-7-12(17-13)16-11(15-10)6-9-4-2-3-5-14-9/h2-5,7H,6,8,13H2,1H3,(H,15,16,17). The summed E-state index contributed by atoms with van der Waals surface area (Å²) in [5.41, 5.74) is 4.22. The maximum absolute atomic E-state index is 5.38. The van der Waals surface area contributed by atoms with E-state index < -0.39 is 0 Å². The highest BCUT2D eigenvalue weighted by atomic mass is 16.5. The van der Waals surface area contributed by atoms with Gasteiger partial charge in [0.1, 0.15) is 11.6 Å². The van der Waals surface area contributed by atoms with Crippen LogP contribution in [0, 0.1) is 0 Å². The fourth-order valence-corrected chi connectivity index (χ4v) is 1.59. The van der Waals surface area contributed by atoms with Crippen LogP contribution in [-0.2, 0) is 17.8 Å². The zero-order valence-electron chi connectivity index (χ0n) is 10.1. The van der Waals surface area contributed by atoms with Crippen molar-refractivity contribution in [3.05, 3.63) is 47.7 Å². The van der Waals surface area contributed by atoms with Gasteiger partial charge in [-0.15, -0.1) is 0 Å². The fourth-order valence-electron chi connectivity index (χ4n) is 1.59. The largest absolute Gasteiger partial charge is 0.378 e. The van der Waals surface area contributed by atoms with E-state index in [9.17, 15) is 0 Å². The number of hydrazine groups is 1. The topological polar surface area (TPSA) is 86.0 Å². The Kier molecular flexibility index (Phi) is 4.16. The zero-order valence-corrected chi connectivity index (χ0v) is 10.1. The molecular formula is C12H15N5O. The quantitative estimate of drug-likeness (QED) is 0.601. The summed E-state index contributed by atoms with van der Waals surface area (Å²) in [7, 11) is 1.62. The van der Waals surface area contributed by atoms with Crippen LogP contribution in [0.4, 0.5) is 5.82 Å². The van der Waals surface area contributed by atoms with E-state index in [0.29, 0.717) is 24.7 Å². The number of anilines is 1. The molecule has 2 heterocycles. The van der Waals surface area contributed by atoms with Crippen LogP contribution in [0.2, 0.25) is 0 Å². The lowest BCUT2D eigenvalue weighted by atomic mass is 10.2. The van der Waals surface area contributed by atoms with Crippen LogP contribution in [0.1, 0.15) is 17.2 Å². The van der Waals surface area contributed by atoms with Gasteiger partial charge in [0.2, 0.25) is 0 Å². The number of nitrogens with two attached hydrogens (primary N) is 1. The lowest BCUT2D eigenvalue weighted by Crippen LogP contribution is -2.12. The van der Waals surface area contributed by atoms with E-state index in [1.165, 1.54) is 0 Å². The van der Waals surface area contributed by atoms with Gasteiger partial charge in [0.25, 0.3) is 0 Å². The van der Waals surface area contributed by atoms with Crippen LogP contribution in [-0.4, -0.2) is 22.1 Å². The van der Waals surface area contributed by atoms with Crippen molar-refractivity contribution >= 4 is 5.82 Å². The summed E-state index contributed by atoms with van der Waals surface area (Å²) in [5.74, 6) is 6.62. The van der Waals surface area contributed by atoms with Crippen LogP contribution in [0.15, 0.2) is 30.5 Å². The van der Waals surface area contributed by atoms with E-state index in [4.69, 9.17) is 10.6 Å². The van der Waals surface area contributed by atoms with Gasteiger partial charge < -0.3 is 10.2 Å². The molecule has 0 bridgehead atoms. The Bertz CT molecular complexity index is 503. The molecule has 0 amide bonds. The van der Waals surface area contributed by atoms with Gasteiger partial charge in [-0.2, -0.15) is 0 Å². The summed E-state index contributed by atoms with van der Waals surface area (Å²) < 4.78 is 5.06. The average Bonchev–Trinajstić information content (AvgIpc) is 2.40. The molecule has 2 rings (SSSR count). The Balaban J connectivity index is 2.24. The highest BCUT2D eigenvalue weighted by Crippen LogP contribution is 2.09. The summed E-state index contributed by atoms with van der Waals surface area (Å²) in [6, 6.07) is 7.50. The van der Waals surface area contributed by atoms with Crippen molar-refractivity contribution in [3.8, 4) is 0 Å². The highest BCUT2D eigenvalue weighted by Gasteiger charge is 2.05. The number of hydrogen-bond donors (Lipinski definition) is 2. The fraction of sp³-hybridized carbons (Fsp3) is 0.250. The first-order chi connectivity index (χ1) is 8.81. The Hall–Kier alpha value is -2.05. The molecule has 2 aromatic heterocycles. The molecule has 6 heteroatoms. The summed E-state index contributed by atoms with van der Waals surface area (Å²) in [4.78, 5) is 12.9. The van der Waals surface area contributed by atoms with E-state index >= 15 is 0 Å². The van der Waals surface area contributed by atoms with Gasteiger partial charge in [-0.05, 0) is 12.1 Å². The third-order valence-corrected chi connectivity index (χ3v) is 2.33. The molecule has 0 unspecified atom stereocenters. The van der Waals surface area contributed by atoms with Gasteiger partial charge in [0.15, 0.2) is 0 Å². The highest BCUT2D eigenvalue weighted by molar-refractivity contribution is 5.34. The molecule has 0 fully saturated rings. The number of nitrogens with one attached hydrogen (secondary N) is 1. The minimum Gasteiger partial charge on any atom is -0.378 e. The third-order valence-electron chi connectivity index (χ3n) is 2.33. The minimum atomic E-state index is 0.423. The number of ether oxygens (including phenoxy) is 1. The van der Waals surface area contributed by atoms with Crippen LogP contribution < -0.4 is 11.3 Å². The first-order valence-electron chi connectivity index (χ1n) is 5.54. The molecule has 0 radical (unpaired) electrons. The summed E-state index contributed by atoms with van der Waals surface area (Å²) in [6.07, 6.45) is 2.31. The first kappa shape index (κ1) is 12.4.